The molecule has 186 valence electrons. The van der Waals surface area contributed by atoms with E-state index in [0.717, 1.165) is 37.1 Å². The van der Waals surface area contributed by atoms with Gasteiger partial charge in [0.25, 0.3) is 0 Å². The van der Waals surface area contributed by atoms with Gasteiger partial charge in [-0.3, -0.25) is 14.5 Å². The van der Waals surface area contributed by atoms with Crippen molar-refractivity contribution in [3.8, 4) is 5.75 Å². The van der Waals surface area contributed by atoms with E-state index in [4.69, 9.17) is 10.5 Å². The summed E-state index contributed by atoms with van der Waals surface area (Å²) in [6.45, 7) is 2.30. The van der Waals surface area contributed by atoms with Crippen molar-refractivity contribution < 1.29 is 19.1 Å². The van der Waals surface area contributed by atoms with Crippen LogP contribution in [0.4, 0.5) is 10.5 Å². The van der Waals surface area contributed by atoms with Crippen LogP contribution < -0.4 is 21.1 Å². The highest BCUT2D eigenvalue weighted by Crippen LogP contribution is 2.49. The standard InChI is InChI=1S/C26H28N6O4/c1-36-17-7-5-16(6-8-17)23-22-24(31-30-23)18-3-2-4-19(21(18)25(22)34)29-20(33)14-32-11-9-15(10-12-32)13-28-26(27)35/h2-8,15,24H,9-14H2,1H3,(H,29,33)(H3,27,28,35). The number of rotatable bonds is 7. The first kappa shape index (κ1) is 23.7. The number of ketones is 1. The first-order valence-corrected chi connectivity index (χ1v) is 12.0. The number of primary amides is 1. The fourth-order valence-corrected chi connectivity index (χ4v) is 5.04. The van der Waals surface area contributed by atoms with Crippen molar-refractivity contribution in [2.24, 2.45) is 21.9 Å². The summed E-state index contributed by atoms with van der Waals surface area (Å²) in [6.07, 6.45) is 1.75. The average molecular weight is 489 g/mol. The van der Waals surface area contributed by atoms with Gasteiger partial charge >= 0.3 is 6.03 Å². The molecule has 2 aromatic carbocycles. The highest BCUT2D eigenvalue weighted by molar-refractivity contribution is 6.22. The molecule has 0 radical (unpaired) electrons. The Morgan fingerprint density at radius 1 is 1.14 bits per heavy atom. The number of Topliss-reactive ketones (excluding diaryl/α,β-unsaturated/α-hetero) is 1. The van der Waals surface area contributed by atoms with Crippen molar-refractivity contribution in [3.05, 3.63) is 64.7 Å². The number of likely N-dealkylation sites (tertiary alicyclic amines) is 1. The van der Waals surface area contributed by atoms with Crippen LogP contribution in [-0.2, 0) is 4.79 Å². The van der Waals surface area contributed by atoms with Gasteiger partial charge in [-0.1, -0.05) is 12.1 Å². The molecule has 0 spiro atoms. The van der Waals surface area contributed by atoms with Gasteiger partial charge in [-0.25, -0.2) is 4.79 Å². The smallest absolute Gasteiger partial charge is 0.312 e. The number of benzene rings is 2. The second-order valence-electron chi connectivity index (χ2n) is 9.22. The zero-order valence-electron chi connectivity index (χ0n) is 20.0. The van der Waals surface area contributed by atoms with Crippen LogP contribution in [0.3, 0.4) is 0 Å². The molecule has 2 aliphatic heterocycles. The summed E-state index contributed by atoms with van der Waals surface area (Å²) in [5, 5.41) is 14.3. The molecule has 3 amide bonds. The van der Waals surface area contributed by atoms with Gasteiger partial charge < -0.3 is 21.1 Å². The molecule has 5 rings (SSSR count). The number of urea groups is 1. The molecule has 10 nitrogen and oxygen atoms in total. The Morgan fingerprint density at radius 2 is 1.89 bits per heavy atom. The Morgan fingerprint density at radius 3 is 2.58 bits per heavy atom. The van der Waals surface area contributed by atoms with Crippen LogP contribution in [0.1, 0.15) is 40.4 Å². The number of azo groups is 1. The molecule has 1 fully saturated rings. The maximum absolute atomic E-state index is 13.5. The van der Waals surface area contributed by atoms with E-state index in [9.17, 15) is 14.4 Å². The lowest BCUT2D eigenvalue weighted by Crippen LogP contribution is -2.42. The average Bonchev–Trinajstić information content (AvgIpc) is 3.44. The largest absolute Gasteiger partial charge is 0.497 e. The monoisotopic (exact) mass is 488 g/mol. The second-order valence-corrected chi connectivity index (χ2v) is 9.22. The van der Waals surface area contributed by atoms with Crippen molar-refractivity contribution in [3.63, 3.8) is 0 Å². The zero-order chi connectivity index (χ0) is 25.2. The van der Waals surface area contributed by atoms with Gasteiger partial charge in [-0.15, -0.1) is 0 Å². The van der Waals surface area contributed by atoms with Crippen molar-refractivity contribution in [1.82, 2.24) is 10.2 Å². The highest BCUT2D eigenvalue weighted by Gasteiger charge is 2.42. The summed E-state index contributed by atoms with van der Waals surface area (Å²) < 4.78 is 5.22. The van der Waals surface area contributed by atoms with Crippen LogP contribution in [0.15, 0.2) is 58.3 Å². The molecular weight excluding hydrogens is 460 g/mol. The summed E-state index contributed by atoms with van der Waals surface area (Å²) in [5.41, 5.74) is 8.74. The van der Waals surface area contributed by atoms with E-state index in [0.29, 0.717) is 40.7 Å². The maximum atomic E-state index is 13.5. The summed E-state index contributed by atoms with van der Waals surface area (Å²) in [4.78, 5) is 39.4. The molecule has 2 aromatic rings. The number of carbonyl (C=O) groups excluding carboxylic acids is 3. The number of amides is 3. The summed E-state index contributed by atoms with van der Waals surface area (Å²) in [6, 6.07) is 11.8. The van der Waals surface area contributed by atoms with E-state index in [1.165, 1.54) is 0 Å². The van der Waals surface area contributed by atoms with Gasteiger partial charge in [-0.2, -0.15) is 10.2 Å². The van der Waals surface area contributed by atoms with Crippen molar-refractivity contribution in [2.45, 2.75) is 18.9 Å². The van der Waals surface area contributed by atoms with Crippen LogP contribution in [0.2, 0.25) is 0 Å². The molecule has 4 N–H and O–H groups in total. The lowest BCUT2D eigenvalue weighted by molar-refractivity contribution is -0.117. The molecule has 3 aliphatic rings. The second kappa shape index (κ2) is 9.90. The number of hydrogen-bond acceptors (Lipinski definition) is 7. The molecule has 1 atom stereocenters. The minimum Gasteiger partial charge on any atom is -0.497 e. The van der Waals surface area contributed by atoms with E-state index >= 15 is 0 Å². The number of piperidine rings is 1. The first-order chi connectivity index (χ1) is 17.4. The molecule has 0 bridgehead atoms. The number of nitrogens with zero attached hydrogens (tertiary/aromatic N) is 3. The van der Waals surface area contributed by atoms with Gasteiger partial charge in [-0.05, 0) is 67.7 Å². The third-order valence-electron chi connectivity index (χ3n) is 6.94. The van der Waals surface area contributed by atoms with Crippen LogP contribution in [0.5, 0.6) is 5.75 Å². The van der Waals surface area contributed by atoms with Crippen molar-refractivity contribution in [2.75, 3.05) is 38.6 Å². The molecule has 2 heterocycles. The number of carbonyl (C=O) groups is 3. The topological polar surface area (TPSA) is 138 Å². The van der Waals surface area contributed by atoms with Crippen LogP contribution >= 0.6 is 0 Å². The molecular formula is C26H28N6O4. The van der Waals surface area contributed by atoms with E-state index < -0.39 is 12.1 Å². The molecule has 1 aliphatic carbocycles. The molecule has 36 heavy (non-hydrogen) atoms. The lowest BCUT2D eigenvalue weighted by atomic mass is 9.97. The van der Waals surface area contributed by atoms with Crippen molar-refractivity contribution >= 4 is 29.1 Å². The number of fused-ring (bicyclic) bond motifs is 3. The number of methoxy groups -OCH3 is 1. The maximum Gasteiger partial charge on any atom is 0.312 e. The molecule has 1 saturated heterocycles. The summed E-state index contributed by atoms with van der Waals surface area (Å²) >= 11 is 0. The summed E-state index contributed by atoms with van der Waals surface area (Å²) in [5.74, 6) is 0.736. The number of ether oxygens (including phenoxy) is 1. The predicted molar refractivity (Wildman–Crippen MR) is 134 cm³/mol. The van der Waals surface area contributed by atoms with Gasteiger partial charge in [0, 0.05) is 12.1 Å². The van der Waals surface area contributed by atoms with Crippen LogP contribution in [0.25, 0.3) is 5.70 Å². The lowest BCUT2D eigenvalue weighted by Gasteiger charge is -2.31. The van der Waals surface area contributed by atoms with E-state index in [-0.39, 0.29) is 18.2 Å². The summed E-state index contributed by atoms with van der Waals surface area (Å²) in [7, 11) is 1.60. The molecule has 0 aromatic heterocycles. The van der Waals surface area contributed by atoms with Gasteiger partial charge in [0.05, 0.1) is 30.5 Å². The SMILES string of the molecule is COc1ccc(C2=C3C(=O)c4c(NC(=O)CN5CCC(CNC(N)=O)CC5)cccc4C3N=N2)cc1. The minimum absolute atomic E-state index is 0.163. The van der Waals surface area contributed by atoms with Gasteiger partial charge in [0.2, 0.25) is 5.91 Å². The van der Waals surface area contributed by atoms with Gasteiger partial charge in [0.1, 0.15) is 17.5 Å². The predicted octanol–water partition coefficient (Wildman–Crippen LogP) is 3.13. The number of nitrogens with two attached hydrogens (primary N) is 1. The molecule has 10 heteroatoms. The number of nitrogens with one attached hydrogen (secondary N) is 2. The normalized spacial score (nSPS) is 19.2. The van der Waals surface area contributed by atoms with E-state index in [2.05, 4.69) is 25.8 Å². The highest BCUT2D eigenvalue weighted by atomic mass is 16.5. The fraction of sp³-hybridized carbons (Fsp3) is 0.346. The van der Waals surface area contributed by atoms with E-state index in [1.807, 2.05) is 36.4 Å². The van der Waals surface area contributed by atoms with E-state index in [1.54, 1.807) is 13.2 Å². The Balaban J connectivity index is 1.28. The Labute approximate surface area is 208 Å². The van der Waals surface area contributed by atoms with Crippen LogP contribution in [-0.4, -0.2) is 55.9 Å². The zero-order valence-corrected chi connectivity index (χ0v) is 20.0. The van der Waals surface area contributed by atoms with Crippen molar-refractivity contribution in [1.29, 1.82) is 0 Å². The fourth-order valence-electron chi connectivity index (χ4n) is 5.04. The molecule has 0 saturated carbocycles. The first-order valence-electron chi connectivity index (χ1n) is 12.0. The Hall–Kier alpha value is -4.05. The van der Waals surface area contributed by atoms with Gasteiger partial charge in [0.15, 0.2) is 5.78 Å². The number of anilines is 1. The van der Waals surface area contributed by atoms with Crippen LogP contribution in [0, 0.1) is 5.92 Å². The third-order valence-corrected chi connectivity index (χ3v) is 6.94. The Kier molecular flexibility index (Phi) is 6.51. The number of hydrogen-bond donors (Lipinski definition) is 3. The Bertz CT molecular complexity index is 1260. The third kappa shape index (κ3) is 4.59. The quantitative estimate of drug-likeness (QED) is 0.550. The minimum atomic E-state index is -0.515. The molecule has 1 unspecified atom stereocenters.